The molecule has 0 saturated carbocycles. The molecule has 4 heteroatoms. The lowest BCUT2D eigenvalue weighted by Gasteiger charge is -2.20. The number of hydrogen-bond acceptors (Lipinski definition) is 3. The second kappa shape index (κ2) is 32.1. The Morgan fingerprint density at radius 2 is 0.820 bits per heavy atom. The Kier molecular flexibility index (Phi) is 26.4. The van der Waals surface area contributed by atoms with Gasteiger partial charge in [0.25, 0.3) is 0 Å². The first-order valence-corrected chi connectivity index (χ1v) is 25.7. The van der Waals surface area contributed by atoms with Crippen molar-refractivity contribution in [2.45, 2.75) is 220 Å². The fourth-order valence-corrected chi connectivity index (χ4v) is 8.88. The van der Waals surface area contributed by atoms with Gasteiger partial charge in [0, 0.05) is 28.4 Å². The molecule has 0 amide bonds. The summed E-state index contributed by atoms with van der Waals surface area (Å²) < 4.78 is 22.6. The molecule has 0 atom stereocenters. The molecule has 1 aromatic heterocycles. The third kappa shape index (κ3) is 19.1. The van der Waals surface area contributed by atoms with Gasteiger partial charge in [0.05, 0.1) is 25.3 Å². The van der Waals surface area contributed by atoms with Crippen molar-refractivity contribution in [3.63, 3.8) is 0 Å². The van der Waals surface area contributed by atoms with Crippen LogP contribution < -0.4 is 14.2 Å². The summed E-state index contributed by atoms with van der Waals surface area (Å²) in [5, 5.41) is 2.47. The first-order chi connectivity index (χ1) is 30.2. The van der Waals surface area contributed by atoms with E-state index in [9.17, 15) is 0 Å². The van der Waals surface area contributed by atoms with Crippen LogP contribution in [-0.2, 0) is 6.54 Å². The van der Waals surface area contributed by atoms with E-state index >= 15 is 0 Å². The smallest absolute Gasteiger partial charge is 0.203 e. The predicted octanol–water partition coefficient (Wildman–Crippen LogP) is 17.7. The van der Waals surface area contributed by atoms with Gasteiger partial charge in [-0.25, -0.2) is 0 Å². The maximum absolute atomic E-state index is 6.74. The standard InChI is InChI=1S/C57H87NO3/c1-5-9-12-15-18-21-24-27-30-35-42-59-55-46-50(48-58-53-39-34-33-38-51(53)52-41-40-49(8-4)45-54(52)58)47-56(60-43-36-31-28-25-22-19-16-13-10-6-2)57(55)61-44-37-32-29-26-23-20-17-14-11-7-3/h4,33-34,38-41,45-47H,5-7,9-32,35-37,42-44,48H2,1-3H3. The number of unbranched alkanes of at least 4 members (excludes halogenated alkanes) is 27. The average Bonchev–Trinajstić information content (AvgIpc) is 3.59. The zero-order chi connectivity index (χ0) is 43.0. The van der Waals surface area contributed by atoms with Crippen molar-refractivity contribution in [1.29, 1.82) is 0 Å². The van der Waals surface area contributed by atoms with Crippen LogP contribution >= 0.6 is 0 Å². The molecular weight excluding hydrogens is 747 g/mol. The van der Waals surface area contributed by atoms with Crippen LogP contribution in [0.3, 0.4) is 0 Å². The lowest BCUT2D eigenvalue weighted by Crippen LogP contribution is -2.08. The number of aromatic nitrogens is 1. The Labute approximate surface area is 374 Å². The molecule has 4 rings (SSSR count). The SMILES string of the molecule is C#Cc1ccc2c3ccccc3n(Cc3cc(OCCCCCCCCCCCC)c(OCCCCCCCCCCCC)c(OCCCCCCCCCCCC)c3)c2c1. The molecule has 338 valence electrons. The van der Waals surface area contributed by atoms with E-state index in [0.29, 0.717) is 26.4 Å². The van der Waals surface area contributed by atoms with Crippen LogP contribution in [0.4, 0.5) is 0 Å². The van der Waals surface area contributed by atoms with Crippen molar-refractivity contribution >= 4 is 21.8 Å². The molecule has 0 bridgehead atoms. The van der Waals surface area contributed by atoms with Gasteiger partial charge < -0.3 is 18.8 Å². The van der Waals surface area contributed by atoms with E-state index in [-0.39, 0.29) is 0 Å². The van der Waals surface area contributed by atoms with Crippen molar-refractivity contribution in [1.82, 2.24) is 4.57 Å². The fraction of sp³-hybridized carbons (Fsp3) is 0.649. The highest BCUT2D eigenvalue weighted by molar-refractivity contribution is 6.08. The summed E-state index contributed by atoms with van der Waals surface area (Å²) in [6.07, 6.45) is 45.1. The Hall–Kier alpha value is -3.58. The van der Waals surface area contributed by atoms with Crippen molar-refractivity contribution in [3.05, 3.63) is 65.7 Å². The topological polar surface area (TPSA) is 32.6 Å². The summed E-state index contributed by atoms with van der Waals surface area (Å²) in [6.45, 7) is 9.62. The molecule has 0 spiro atoms. The third-order valence-electron chi connectivity index (χ3n) is 12.6. The zero-order valence-corrected chi connectivity index (χ0v) is 39.5. The fourth-order valence-electron chi connectivity index (χ4n) is 8.88. The van der Waals surface area contributed by atoms with Crippen molar-refractivity contribution in [3.8, 4) is 29.6 Å². The van der Waals surface area contributed by atoms with Crippen LogP contribution in [-0.4, -0.2) is 24.4 Å². The Morgan fingerprint density at radius 1 is 0.426 bits per heavy atom. The van der Waals surface area contributed by atoms with Crippen LogP contribution in [0.1, 0.15) is 225 Å². The summed E-state index contributed by atoms with van der Waals surface area (Å²) >= 11 is 0. The number of fused-ring (bicyclic) bond motifs is 3. The minimum absolute atomic E-state index is 0.681. The minimum atomic E-state index is 0.681. The first kappa shape index (κ1) is 50.1. The summed E-state index contributed by atoms with van der Waals surface area (Å²) in [5.74, 6) is 5.30. The van der Waals surface area contributed by atoms with Crippen LogP contribution in [0, 0.1) is 12.3 Å². The number of rotatable bonds is 38. The molecule has 0 aliphatic heterocycles. The van der Waals surface area contributed by atoms with Gasteiger partial charge in [0.2, 0.25) is 5.75 Å². The second-order valence-electron chi connectivity index (χ2n) is 18.0. The van der Waals surface area contributed by atoms with E-state index in [4.69, 9.17) is 20.6 Å². The van der Waals surface area contributed by atoms with Crippen LogP contribution in [0.15, 0.2) is 54.6 Å². The lowest BCUT2D eigenvalue weighted by atomic mass is 10.1. The van der Waals surface area contributed by atoms with Crippen molar-refractivity contribution in [2.75, 3.05) is 19.8 Å². The Morgan fingerprint density at radius 3 is 1.26 bits per heavy atom. The van der Waals surface area contributed by atoms with E-state index in [0.717, 1.165) is 53.2 Å². The van der Waals surface area contributed by atoms with Gasteiger partial charge in [0.1, 0.15) is 0 Å². The predicted molar refractivity (Wildman–Crippen MR) is 265 cm³/mol. The molecule has 4 aromatic rings. The van der Waals surface area contributed by atoms with E-state index in [1.807, 2.05) is 0 Å². The molecule has 0 radical (unpaired) electrons. The summed E-state index contributed by atoms with van der Waals surface area (Å²) in [4.78, 5) is 0. The Balaban J connectivity index is 1.48. The maximum Gasteiger partial charge on any atom is 0.203 e. The molecular formula is C57H87NO3. The zero-order valence-electron chi connectivity index (χ0n) is 39.5. The molecule has 0 saturated heterocycles. The van der Waals surface area contributed by atoms with Gasteiger partial charge >= 0.3 is 0 Å². The largest absolute Gasteiger partial charge is 0.490 e. The van der Waals surface area contributed by atoms with Crippen LogP contribution in [0.5, 0.6) is 17.2 Å². The van der Waals surface area contributed by atoms with Crippen molar-refractivity contribution in [2.24, 2.45) is 0 Å². The normalized spacial score (nSPS) is 11.4. The summed E-state index contributed by atoms with van der Waals surface area (Å²) in [6, 6.07) is 19.5. The van der Waals surface area contributed by atoms with Gasteiger partial charge in [-0.15, -0.1) is 6.42 Å². The lowest BCUT2D eigenvalue weighted by molar-refractivity contribution is 0.234. The molecule has 4 nitrogen and oxygen atoms in total. The van der Waals surface area contributed by atoms with Crippen LogP contribution in [0.25, 0.3) is 21.8 Å². The highest BCUT2D eigenvalue weighted by Gasteiger charge is 2.18. The number of para-hydroxylation sites is 1. The molecule has 1 heterocycles. The molecule has 61 heavy (non-hydrogen) atoms. The number of nitrogens with zero attached hydrogens (tertiary/aromatic N) is 1. The van der Waals surface area contributed by atoms with Crippen molar-refractivity contribution < 1.29 is 14.2 Å². The van der Waals surface area contributed by atoms with E-state index in [1.54, 1.807) is 0 Å². The van der Waals surface area contributed by atoms with Gasteiger partial charge in [-0.2, -0.15) is 0 Å². The monoisotopic (exact) mass is 834 g/mol. The molecule has 0 fully saturated rings. The highest BCUT2D eigenvalue weighted by Crippen LogP contribution is 2.41. The molecule has 3 aromatic carbocycles. The van der Waals surface area contributed by atoms with E-state index in [2.05, 4.69) is 85.9 Å². The first-order valence-electron chi connectivity index (χ1n) is 25.7. The van der Waals surface area contributed by atoms with Gasteiger partial charge in [-0.1, -0.05) is 224 Å². The summed E-state index contributed by atoms with van der Waals surface area (Å²) in [7, 11) is 0. The average molecular weight is 834 g/mol. The van der Waals surface area contributed by atoms with E-state index < -0.39 is 0 Å². The summed E-state index contributed by atoms with van der Waals surface area (Å²) in [5.41, 5.74) is 4.40. The number of benzene rings is 3. The quantitative estimate of drug-likeness (QED) is 0.0333. The second-order valence-corrected chi connectivity index (χ2v) is 18.0. The highest BCUT2D eigenvalue weighted by atomic mass is 16.5. The molecule has 0 aliphatic rings. The van der Waals surface area contributed by atoms with Gasteiger partial charge in [-0.05, 0) is 55.2 Å². The molecule has 0 aliphatic carbocycles. The number of ether oxygens (including phenoxy) is 3. The van der Waals surface area contributed by atoms with E-state index in [1.165, 1.54) is 190 Å². The Bertz CT molecular complexity index is 1720. The minimum Gasteiger partial charge on any atom is -0.490 e. The molecule has 0 unspecified atom stereocenters. The number of hydrogen-bond donors (Lipinski definition) is 0. The van der Waals surface area contributed by atoms with Crippen LogP contribution in [0.2, 0.25) is 0 Å². The number of terminal acetylenes is 1. The van der Waals surface area contributed by atoms with Gasteiger partial charge in [-0.3, -0.25) is 0 Å². The third-order valence-corrected chi connectivity index (χ3v) is 12.6. The van der Waals surface area contributed by atoms with Gasteiger partial charge in [0.15, 0.2) is 11.5 Å². The molecule has 0 N–H and O–H groups in total. The maximum atomic E-state index is 6.74.